The molecular weight excluding hydrogens is 352 g/mol. The largest absolute Gasteiger partial charge is 0.391 e. The number of allylic oxidation sites excluding steroid dienone is 1. The Morgan fingerprint density at radius 3 is 2.71 bits per heavy atom. The second-order valence-electron chi connectivity index (χ2n) is 8.69. The first-order valence-electron chi connectivity index (χ1n) is 10.7. The molecule has 0 aromatic carbocycles. The molecule has 0 radical (unpaired) electrons. The fraction of sp³-hybridized carbons (Fsp3) is 0.727. The molecule has 1 heterocycles. The number of aliphatic hydroxyl groups excluding tert-OH is 1. The van der Waals surface area contributed by atoms with Gasteiger partial charge in [0.15, 0.2) is 0 Å². The minimum Gasteiger partial charge on any atom is -0.391 e. The van der Waals surface area contributed by atoms with Crippen LogP contribution in [0.25, 0.3) is 0 Å². The molecule has 1 aromatic heterocycles. The maximum Gasteiger partial charge on any atom is 0.237 e. The first-order valence-corrected chi connectivity index (χ1v) is 10.7. The molecule has 1 fully saturated rings. The average Bonchev–Trinajstić information content (AvgIpc) is 3.18. The highest BCUT2D eigenvalue weighted by Crippen LogP contribution is 2.29. The highest BCUT2D eigenvalue weighted by atomic mass is 16.3. The van der Waals surface area contributed by atoms with Crippen molar-refractivity contribution >= 4 is 5.91 Å². The van der Waals surface area contributed by atoms with Gasteiger partial charge in [-0.05, 0) is 30.6 Å². The third-order valence-corrected chi connectivity index (χ3v) is 6.11. The third kappa shape index (κ3) is 7.06. The molecule has 1 aromatic rings. The van der Waals surface area contributed by atoms with Crippen LogP contribution < -0.4 is 11.1 Å². The third-order valence-electron chi connectivity index (χ3n) is 6.11. The number of carbonyl (C=O) groups is 1. The minimum absolute atomic E-state index is 0.214. The van der Waals surface area contributed by atoms with Crippen LogP contribution >= 0.6 is 0 Å². The van der Waals surface area contributed by atoms with Crippen LogP contribution in [-0.2, 0) is 11.2 Å². The molecule has 0 spiro atoms. The molecule has 5 N–H and O–H groups in total. The molecule has 4 atom stereocenters. The zero-order valence-electron chi connectivity index (χ0n) is 17.4. The van der Waals surface area contributed by atoms with Gasteiger partial charge in [-0.3, -0.25) is 4.79 Å². The van der Waals surface area contributed by atoms with E-state index in [1.54, 1.807) is 12.5 Å². The number of nitrogens with zero attached hydrogens (tertiary/aromatic N) is 1. The van der Waals surface area contributed by atoms with E-state index in [2.05, 4.69) is 35.7 Å². The fourth-order valence-corrected chi connectivity index (χ4v) is 4.19. The van der Waals surface area contributed by atoms with E-state index in [1.165, 1.54) is 32.1 Å². The number of hydrogen-bond donors (Lipinski definition) is 4. The average molecular weight is 391 g/mol. The smallest absolute Gasteiger partial charge is 0.237 e. The van der Waals surface area contributed by atoms with Crippen molar-refractivity contribution < 1.29 is 9.90 Å². The first-order chi connectivity index (χ1) is 13.4. The number of nitrogens with two attached hydrogens (primary N) is 1. The normalized spacial score (nSPS) is 19.8. The topological polar surface area (TPSA) is 104 Å². The zero-order chi connectivity index (χ0) is 20.5. The Kier molecular flexibility index (Phi) is 9.19. The van der Waals surface area contributed by atoms with Crippen LogP contribution in [0.5, 0.6) is 0 Å². The van der Waals surface area contributed by atoms with Gasteiger partial charge in [-0.2, -0.15) is 0 Å². The van der Waals surface area contributed by atoms with Crippen LogP contribution in [0.4, 0.5) is 0 Å². The van der Waals surface area contributed by atoms with E-state index in [0.29, 0.717) is 24.7 Å². The Labute approximate surface area is 169 Å². The number of carbonyl (C=O) groups excluding carboxylic acids is 1. The number of aromatic nitrogens is 2. The molecule has 158 valence electrons. The quantitative estimate of drug-likeness (QED) is 0.436. The van der Waals surface area contributed by atoms with Gasteiger partial charge in [0.05, 0.1) is 24.5 Å². The Balaban J connectivity index is 2.00. The molecule has 0 aliphatic heterocycles. The molecule has 1 aliphatic carbocycles. The summed E-state index contributed by atoms with van der Waals surface area (Å²) in [6.45, 7) is 8.18. The number of aromatic amines is 1. The van der Waals surface area contributed by atoms with Crippen molar-refractivity contribution in [3.63, 3.8) is 0 Å². The summed E-state index contributed by atoms with van der Waals surface area (Å²) in [5.41, 5.74) is 6.94. The Morgan fingerprint density at radius 2 is 2.14 bits per heavy atom. The standard InChI is InChI=1S/C22H38N4O2/c1-4-17(15(2)3)11-21(27)20(10-16-8-6-5-7-9-16)26-22(28)19(23)12-18-13-24-14-25-18/h4,13-17,19-21,27H,1,5-12,23H2,2-3H3,(H,24,25)(H,26,28)/t17-,19-,20-,21-/m0/s1. The maximum absolute atomic E-state index is 12.7. The molecule has 1 aliphatic rings. The summed E-state index contributed by atoms with van der Waals surface area (Å²) in [7, 11) is 0. The van der Waals surface area contributed by atoms with E-state index in [9.17, 15) is 9.90 Å². The van der Waals surface area contributed by atoms with Crippen LogP contribution in [0.1, 0.15) is 64.5 Å². The predicted molar refractivity (Wildman–Crippen MR) is 113 cm³/mol. The molecule has 0 bridgehead atoms. The van der Waals surface area contributed by atoms with Crippen molar-refractivity contribution in [1.82, 2.24) is 15.3 Å². The van der Waals surface area contributed by atoms with E-state index in [0.717, 1.165) is 12.1 Å². The SMILES string of the molecule is C=C[C@@H](C[C@H](O)[C@H](CC1CCCCC1)NC(=O)[C@@H](N)Cc1cnc[nH]1)C(C)C. The molecule has 1 amide bonds. The van der Waals surface area contributed by atoms with Crippen molar-refractivity contribution in [2.24, 2.45) is 23.5 Å². The van der Waals surface area contributed by atoms with Crippen molar-refractivity contribution in [3.05, 3.63) is 30.9 Å². The summed E-state index contributed by atoms with van der Waals surface area (Å²) in [5.74, 6) is 0.966. The van der Waals surface area contributed by atoms with Gasteiger partial charge in [0, 0.05) is 18.3 Å². The molecule has 0 unspecified atom stereocenters. The Hall–Kier alpha value is -1.66. The van der Waals surface area contributed by atoms with E-state index in [4.69, 9.17) is 5.73 Å². The van der Waals surface area contributed by atoms with E-state index in [-0.39, 0.29) is 17.9 Å². The van der Waals surface area contributed by atoms with Crippen molar-refractivity contribution in [2.45, 2.75) is 83.4 Å². The number of rotatable bonds is 11. The summed E-state index contributed by atoms with van der Waals surface area (Å²) >= 11 is 0. The van der Waals surface area contributed by atoms with Crippen LogP contribution in [0.15, 0.2) is 25.2 Å². The summed E-state index contributed by atoms with van der Waals surface area (Å²) in [4.78, 5) is 19.7. The van der Waals surface area contributed by atoms with Crippen LogP contribution in [-0.4, -0.2) is 39.2 Å². The lowest BCUT2D eigenvalue weighted by Crippen LogP contribution is -2.51. The van der Waals surface area contributed by atoms with Crippen molar-refractivity contribution in [1.29, 1.82) is 0 Å². The lowest BCUT2D eigenvalue weighted by molar-refractivity contribution is -0.124. The molecule has 0 saturated heterocycles. The molecule has 6 nitrogen and oxygen atoms in total. The lowest BCUT2D eigenvalue weighted by Gasteiger charge is -2.32. The van der Waals surface area contributed by atoms with Crippen LogP contribution in [0.2, 0.25) is 0 Å². The lowest BCUT2D eigenvalue weighted by atomic mass is 9.81. The van der Waals surface area contributed by atoms with Gasteiger partial charge in [0.1, 0.15) is 0 Å². The van der Waals surface area contributed by atoms with Crippen LogP contribution in [0.3, 0.4) is 0 Å². The number of H-pyrrole nitrogens is 1. The van der Waals surface area contributed by atoms with Crippen LogP contribution in [0, 0.1) is 17.8 Å². The minimum atomic E-state index is -0.665. The van der Waals surface area contributed by atoms with Crippen molar-refractivity contribution in [2.75, 3.05) is 0 Å². The number of amides is 1. The highest BCUT2D eigenvalue weighted by molar-refractivity contribution is 5.82. The number of hydrogen-bond acceptors (Lipinski definition) is 4. The Bertz CT molecular complexity index is 581. The number of imidazole rings is 1. The molecular formula is C22H38N4O2. The molecule has 28 heavy (non-hydrogen) atoms. The van der Waals surface area contributed by atoms with Gasteiger partial charge in [-0.1, -0.05) is 52.0 Å². The number of nitrogens with one attached hydrogen (secondary N) is 2. The van der Waals surface area contributed by atoms with Gasteiger partial charge in [0.25, 0.3) is 0 Å². The Morgan fingerprint density at radius 1 is 1.43 bits per heavy atom. The van der Waals surface area contributed by atoms with Gasteiger partial charge < -0.3 is 21.1 Å². The van der Waals surface area contributed by atoms with Crippen molar-refractivity contribution in [3.8, 4) is 0 Å². The maximum atomic E-state index is 12.7. The summed E-state index contributed by atoms with van der Waals surface area (Å²) in [5, 5.41) is 14.0. The molecule has 2 rings (SSSR count). The van der Waals surface area contributed by atoms with E-state index < -0.39 is 12.1 Å². The second kappa shape index (κ2) is 11.4. The summed E-state index contributed by atoms with van der Waals surface area (Å²) in [6, 6.07) is -0.938. The van der Waals surface area contributed by atoms with Gasteiger partial charge in [-0.15, -0.1) is 6.58 Å². The molecule has 6 heteroatoms. The second-order valence-corrected chi connectivity index (χ2v) is 8.69. The van der Waals surface area contributed by atoms with E-state index >= 15 is 0 Å². The van der Waals surface area contributed by atoms with E-state index in [1.807, 2.05) is 6.08 Å². The summed E-state index contributed by atoms with van der Waals surface area (Å²) < 4.78 is 0. The highest BCUT2D eigenvalue weighted by Gasteiger charge is 2.29. The zero-order valence-corrected chi connectivity index (χ0v) is 17.4. The summed E-state index contributed by atoms with van der Waals surface area (Å²) in [6.07, 6.45) is 12.5. The number of aliphatic hydroxyl groups is 1. The van der Waals surface area contributed by atoms with Gasteiger partial charge in [-0.25, -0.2) is 4.98 Å². The first kappa shape index (κ1) is 22.6. The van der Waals surface area contributed by atoms with Gasteiger partial charge in [0.2, 0.25) is 5.91 Å². The monoisotopic (exact) mass is 390 g/mol. The fourth-order valence-electron chi connectivity index (χ4n) is 4.19. The molecule has 1 saturated carbocycles. The predicted octanol–water partition coefficient (Wildman–Crippen LogP) is 2.94. The van der Waals surface area contributed by atoms with Gasteiger partial charge >= 0.3 is 0 Å².